The maximum Gasteiger partial charge on any atom is 0.472 e. The third-order valence-electron chi connectivity index (χ3n) is 13.9. The Bertz CT molecular complexity index is 1470. The van der Waals surface area contributed by atoms with Crippen LogP contribution < -0.4 is 5.32 Å². The molecule has 0 radical (unpaired) electrons. The maximum absolute atomic E-state index is 13.5. The monoisotopic (exact) mass is 1070 g/mol. The van der Waals surface area contributed by atoms with Gasteiger partial charge in [0.1, 0.15) is 19.3 Å². The number of hydrogen-bond acceptors (Lipinski definition) is 6. The van der Waals surface area contributed by atoms with Crippen molar-refractivity contribution in [2.45, 2.75) is 303 Å². The molecule has 0 bridgehead atoms. The van der Waals surface area contributed by atoms with Gasteiger partial charge >= 0.3 is 13.8 Å². The van der Waals surface area contributed by atoms with Gasteiger partial charge in [0.15, 0.2) is 0 Å². The smallest absolute Gasteiger partial charge is 0.456 e. The Hall–Kier alpha value is -2.29. The molecule has 0 aliphatic rings. The molecule has 0 fully saturated rings. The zero-order valence-electron chi connectivity index (χ0n) is 50.0. The predicted octanol–water partition coefficient (Wildman–Crippen LogP) is 19.4. The van der Waals surface area contributed by atoms with Crippen LogP contribution in [0.4, 0.5) is 0 Å². The number of unbranched alkanes of at least 4 members (excludes halogenated alkanes) is 33. The number of phosphoric ester groups is 1. The van der Waals surface area contributed by atoms with E-state index in [1.165, 1.54) is 161 Å². The van der Waals surface area contributed by atoms with Gasteiger partial charge in [0.2, 0.25) is 5.91 Å². The number of nitrogens with one attached hydrogen (secondary N) is 1. The molecule has 3 unspecified atom stereocenters. The molecule has 0 aromatic rings. The molecular weight excluding hydrogens is 952 g/mol. The third kappa shape index (κ3) is 56.2. The lowest BCUT2D eigenvalue weighted by molar-refractivity contribution is -0.870. The number of hydrogen-bond donors (Lipinski definition) is 2. The van der Waals surface area contributed by atoms with Crippen LogP contribution >= 0.6 is 7.82 Å². The normalized spacial score (nSPS) is 14.1. The zero-order valence-corrected chi connectivity index (χ0v) is 50.9. The van der Waals surface area contributed by atoms with Gasteiger partial charge in [-0.15, -0.1) is 0 Å². The Labute approximate surface area is 464 Å². The fourth-order valence-electron chi connectivity index (χ4n) is 8.99. The summed E-state index contributed by atoms with van der Waals surface area (Å²) < 4.78 is 30.6. The van der Waals surface area contributed by atoms with E-state index in [1.54, 1.807) is 0 Å². The molecule has 0 aromatic carbocycles. The summed E-state index contributed by atoms with van der Waals surface area (Å²) in [6.45, 7) is 6.95. The van der Waals surface area contributed by atoms with E-state index in [4.69, 9.17) is 13.8 Å². The molecule has 0 aliphatic heterocycles. The molecule has 2 N–H and O–H groups in total. The van der Waals surface area contributed by atoms with Gasteiger partial charge in [-0.2, -0.15) is 0 Å². The van der Waals surface area contributed by atoms with Crippen molar-refractivity contribution in [3.63, 3.8) is 0 Å². The number of esters is 1. The van der Waals surface area contributed by atoms with Crippen molar-refractivity contribution in [3.8, 4) is 0 Å². The molecule has 0 spiro atoms. The van der Waals surface area contributed by atoms with Crippen LogP contribution in [0.2, 0.25) is 0 Å². The van der Waals surface area contributed by atoms with E-state index in [9.17, 15) is 19.0 Å². The quantitative estimate of drug-likeness (QED) is 0.0205. The highest BCUT2D eigenvalue weighted by atomic mass is 31.2. The lowest BCUT2D eigenvalue weighted by atomic mass is 10.0. The van der Waals surface area contributed by atoms with Gasteiger partial charge in [0, 0.05) is 12.8 Å². The van der Waals surface area contributed by atoms with E-state index in [2.05, 4.69) is 74.7 Å². The van der Waals surface area contributed by atoms with Gasteiger partial charge in [0.25, 0.3) is 0 Å². The predicted molar refractivity (Wildman–Crippen MR) is 323 cm³/mol. The van der Waals surface area contributed by atoms with Crippen LogP contribution in [-0.4, -0.2) is 74.3 Å². The zero-order chi connectivity index (χ0) is 55.0. The molecule has 0 saturated heterocycles. The fraction of sp³-hybridized carbons (Fsp3) is 0.815. The Morgan fingerprint density at radius 2 is 0.827 bits per heavy atom. The van der Waals surface area contributed by atoms with Crippen molar-refractivity contribution in [1.29, 1.82) is 0 Å². The minimum absolute atomic E-state index is 0.0385. The van der Waals surface area contributed by atoms with E-state index < -0.39 is 20.0 Å². The van der Waals surface area contributed by atoms with Gasteiger partial charge in [-0.05, 0) is 89.5 Å². The molecule has 10 heteroatoms. The van der Waals surface area contributed by atoms with Crippen molar-refractivity contribution in [1.82, 2.24) is 5.32 Å². The summed E-state index contributed by atoms with van der Waals surface area (Å²) in [5, 5.41) is 3.05. The molecule has 1 amide bonds. The highest BCUT2D eigenvalue weighted by Crippen LogP contribution is 2.43. The van der Waals surface area contributed by atoms with Crippen LogP contribution in [0.1, 0.15) is 290 Å². The number of ether oxygens (including phenoxy) is 1. The van der Waals surface area contributed by atoms with E-state index in [0.29, 0.717) is 17.4 Å². The number of phosphoric acid groups is 1. The largest absolute Gasteiger partial charge is 0.472 e. The lowest BCUT2D eigenvalue weighted by Crippen LogP contribution is -2.47. The highest BCUT2D eigenvalue weighted by Gasteiger charge is 2.30. The number of nitrogens with zero attached hydrogens (tertiary/aromatic N) is 1. The number of carbonyl (C=O) groups excluding carboxylic acids is 2. The van der Waals surface area contributed by atoms with Crippen molar-refractivity contribution in [2.75, 3.05) is 40.9 Å². The summed E-state index contributed by atoms with van der Waals surface area (Å²) in [6, 6.07) is -0.850. The molecule has 3 atom stereocenters. The summed E-state index contributed by atoms with van der Waals surface area (Å²) >= 11 is 0. The highest BCUT2D eigenvalue weighted by molar-refractivity contribution is 7.47. The number of allylic oxidation sites excluding steroid dienone is 9. The number of rotatable bonds is 57. The molecule has 0 aliphatic carbocycles. The first-order valence-electron chi connectivity index (χ1n) is 31.6. The van der Waals surface area contributed by atoms with Crippen molar-refractivity contribution in [2.24, 2.45) is 0 Å². The first-order chi connectivity index (χ1) is 36.4. The number of quaternary nitrogens is 1. The van der Waals surface area contributed by atoms with Crippen LogP contribution in [0.5, 0.6) is 0 Å². The maximum atomic E-state index is 13.5. The topological polar surface area (TPSA) is 111 Å². The second kappa shape index (κ2) is 55.0. The van der Waals surface area contributed by atoms with E-state index in [-0.39, 0.29) is 31.5 Å². The van der Waals surface area contributed by atoms with Crippen LogP contribution in [0.3, 0.4) is 0 Å². The summed E-state index contributed by atoms with van der Waals surface area (Å²) in [7, 11) is 1.49. The SMILES string of the molecule is CCCC/C=C\CCCCCCCC(=O)OC(/C=C\CCCCCCCCCCC)C(COP(=O)(O)OCC[N+](C)(C)C)NC(=O)CCCCCCCCCCCCCCCC/C=C\C/C=C\C/C=C\CCCCC. The summed E-state index contributed by atoms with van der Waals surface area (Å²) in [6.07, 6.45) is 69.5. The van der Waals surface area contributed by atoms with Crippen LogP contribution in [0.15, 0.2) is 60.8 Å². The molecule has 0 heterocycles. The van der Waals surface area contributed by atoms with Crippen molar-refractivity contribution in [3.05, 3.63) is 60.8 Å². The number of likely N-dealkylation sites (N-methyl/N-ethyl adjacent to an activating group) is 1. The second-order valence-electron chi connectivity index (χ2n) is 22.6. The molecule has 0 aromatic heterocycles. The molecule has 75 heavy (non-hydrogen) atoms. The molecule has 0 rings (SSSR count). The Morgan fingerprint density at radius 3 is 1.29 bits per heavy atom. The number of amides is 1. The standard InChI is InChI=1S/C65H121N2O7P/c1-7-10-13-16-19-22-25-26-27-28-29-30-31-32-33-34-35-36-37-38-39-40-43-45-48-51-54-57-64(68)66-62(61-73-75(70,71)72-60-59-67(4,5)6)63(56-53-50-47-44-41-23-20-17-14-11-8-2)74-65(69)58-55-52-49-46-42-24-21-18-15-12-9-3/h18-19,21-22,26-27,29-30,53,56,62-63H,7-17,20,23-25,28,31-52,54-55,57-61H2,1-6H3,(H-,66,68,70,71)/p+1/b21-18-,22-19-,27-26-,30-29-,56-53-. The number of carbonyl (C=O) groups is 2. The average Bonchev–Trinajstić information content (AvgIpc) is 3.37. The minimum atomic E-state index is -4.45. The van der Waals surface area contributed by atoms with E-state index in [1.807, 2.05) is 33.3 Å². The second-order valence-corrected chi connectivity index (χ2v) is 24.0. The molecule has 0 saturated carbocycles. The van der Waals surface area contributed by atoms with E-state index in [0.717, 1.165) is 96.3 Å². The molecular formula is C65H122N2O7P+. The lowest BCUT2D eigenvalue weighted by Gasteiger charge is -2.27. The fourth-order valence-corrected chi connectivity index (χ4v) is 9.72. The summed E-state index contributed by atoms with van der Waals surface area (Å²) in [5.41, 5.74) is 0. The summed E-state index contributed by atoms with van der Waals surface area (Å²) in [5.74, 6) is -0.513. The van der Waals surface area contributed by atoms with Crippen LogP contribution in [-0.2, 0) is 27.9 Å². The van der Waals surface area contributed by atoms with Gasteiger partial charge < -0.3 is 19.4 Å². The van der Waals surface area contributed by atoms with Gasteiger partial charge in [-0.1, -0.05) is 249 Å². The van der Waals surface area contributed by atoms with Gasteiger partial charge in [0.05, 0.1) is 33.8 Å². The van der Waals surface area contributed by atoms with Crippen LogP contribution in [0, 0.1) is 0 Å². The van der Waals surface area contributed by atoms with Gasteiger partial charge in [-0.3, -0.25) is 18.6 Å². The first kappa shape index (κ1) is 72.7. The van der Waals surface area contributed by atoms with Crippen LogP contribution in [0.25, 0.3) is 0 Å². The Kier molecular flexibility index (Phi) is 53.4. The van der Waals surface area contributed by atoms with Crippen molar-refractivity contribution >= 4 is 19.7 Å². The first-order valence-corrected chi connectivity index (χ1v) is 33.1. The average molecular weight is 1070 g/mol. The molecule has 438 valence electrons. The Balaban J connectivity index is 4.97. The minimum Gasteiger partial charge on any atom is -0.456 e. The van der Waals surface area contributed by atoms with Gasteiger partial charge in [-0.25, -0.2) is 4.57 Å². The summed E-state index contributed by atoms with van der Waals surface area (Å²) in [4.78, 5) is 37.6. The van der Waals surface area contributed by atoms with E-state index >= 15 is 0 Å². The molecule has 9 nitrogen and oxygen atoms in total. The van der Waals surface area contributed by atoms with Crippen molar-refractivity contribution < 1.29 is 37.3 Å². The Morgan fingerprint density at radius 1 is 0.467 bits per heavy atom. The third-order valence-corrected chi connectivity index (χ3v) is 14.9.